The smallest absolute Gasteiger partial charge is 0.209 e. The number of phenols is 1. The highest BCUT2D eigenvalue weighted by molar-refractivity contribution is 5.74. The highest BCUT2D eigenvalue weighted by atomic mass is 16.5. The number of rotatable bonds is 4. The molecule has 0 unspecified atom stereocenters. The zero-order valence-electron chi connectivity index (χ0n) is 11.6. The summed E-state index contributed by atoms with van der Waals surface area (Å²) in [6.45, 7) is 4.48. The van der Waals surface area contributed by atoms with Gasteiger partial charge in [0, 0.05) is 18.7 Å². The van der Waals surface area contributed by atoms with E-state index >= 15 is 0 Å². The summed E-state index contributed by atoms with van der Waals surface area (Å²) < 4.78 is 11.1. The molecule has 5 nitrogen and oxygen atoms in total. The Bertz CT molecular complexity index is 576. The van der Waals surface area contributed by atoms with Gasteiger partial charge in [-0.3, -0.25) is 0 Å². The molecule has 2 heterocycles. The van der Waals surface area contributed by atoms with Gasteiger partial charge < -0.3 is 19.6 Å². The fourth-order valence-corrected chi connectivity index (χ4v) is 2.61. The molecule has 0 bridgehead atoms. The van der Waals surface area contributed by atoms with E-state index in [0.29, 0.717) is 30.0 Å². The Balaban J connectivity index is 1.61. The Hall–Kier alpha value is -1.59. The molecule has 0 amide bonds. The molecule has 20 heavy (non-hydrogen) atoms. The van der Waals surface area contributed by atoms with Crippen LogP contribution in [0.4, 0.5) is 0 Å². The van der Waals surface area contributed by atoms with Crippen LogP contribution < -0.4 is 5.32 Å². The first-order valence-electron chi connectivity index (χ1n) is 7.12. The Morgan fingerprint density at radius 1 is 1.50 bits per heavy atom. The number of nitrogens with one attached hydrogen (secondary N) is 1. The zero-order valence-corrected chi connectivity index (χ0v) is 11.6. The van der Waals surface area contributed by atoms with E-state index in [-0.39, 0.29) is 5.75 Å². The Labute approximate surface area is 117 Å². The molecule has 2 N–H and O–H groups in total. The molecule has 2 aromatic rings. The first-order valence-corrected chi connectivity index (χ1v) is 7.12. The van der Waals surface area contributed by atoms with Gasteiger partial charge in [-0.15, -0.1) is 0 Å². The van der Waals surface area contributed by atoms with Gasteiger partial charge in [0.05, 0.1) is 13.2 Å². The number of aromatic hydroxyl groups is 1. The van der Waals surface area contributed by atoms with Crippen molar-refractivity contribution in [2.75, 3.05) is 13.2 Å². The van der Waals surface area contributed by atoms with Gasteiger partial charge in [0.15, 0.2) is 5.58 Å². The number of benzene rings is 1. The van der Waals surface area contributed by atoms with Crippen molar-refractivity contribution in [2.24, 2.45) is 5.92 Å². The van der Waals surface area contributed by atoms with Crippen LogP contribution in [0, 0.1) is 5.92 Å². The summed E-state index contributed by atoms with van der Waals surface area (Å²) in [5, 5.41) is 12.9. The van der Waals surface area contributed by atoms with Crippen molar-refractivity contribution < 1.29 is 14.3 Å². The number of hydrogen-bond donors (Lipinski definition) is 2. The molecule has 0 radical (unpaired) electrons. The van der Waals surface area contributed by atoms with Crippen LogP contribution in [0.25, 0.3) is 11.1 Å². The lowest BCUT2D eigenvalue weighted by molar-refractivity contribution is 0.0414. The van der Waals surface area contributed by atoms with Crippen LogP contribution in [-0.4, -0.2) is 29.3 Å². The highest BCUT2D eigenvalue weighted by Crippen LogP contribution is 2.21. The van der Waals surface area contributed by atoms with Crippen molar-refractivity contribution in [3.63, 3.8) is 0 Å². The number of aromatic nitrogens is 1. The SMILES string of the molecule is C[C@@H](NCc1nc2ccc(O)cc2o1)[C@H]1CCCOC1. The first-order chi connectivity index (χ1) is 9.72. The van der Waals surface area contributed by atoms with Gasteiger partial charge in [-0.2, -0.15) is 0 Å². The normalized spacial score (nSPS) is 21.1. The van der Waals surface area contributed by atoms with Gasteiger partial charge in [0.1, 0.15) is 11.3 Å². The van der Waals surface area contributed by atoms with Gasteiger partial charge >= 0.3 is 0 Å². The minimum absolute atomic E-state index is 0.195. The Morgan fingerprint density at radius 3 is 3.20 bits per heavy atom. The van der Waals surface area contributed by atoms with Gasteiger partial charge in [0.25, 0.3) is 0 Å². The number of phenolic OH excluding ortho intramolecular Hbond substituents is 1. The Kier molecular flexibility index (Phi) is 3.89. The van der Waals surface area contributed by atoms with Crippen LogP contribution in [0.2, 0.25) is 0 Å². The summed E-state index contributed by atoms with van der Waals surface area (Å²) >= 11 is 0. The van der Waals surface area contributed by atoms with Crippen molar-refractivity contribution >= 4 is 11.1 Å². The molecule has 0 aliphatic carbocycles. The van der Waals surface area contributed by atoms with Crippen LogP contribution in [0.1, 0.15) is 25.7 Å². The van der Waals surface area contributed by atoms with Crippen molar-refractivity contribution in [1.29, 1.82) is 0 Å². The molecule has 1 saturated heterocycles. The average molecular weight is 276 g/mol. The number of ether oxygens (including phenoxy) is 1. The van der Waals surface area contributed by atoms with E-state index in [1.165, 1.54) is 6.42 Å². The fraction of sp³-hybridized carbons (Fsp3) is 0.533. The number of oxazole rings is 1. The van der Waals surface area contributed by atoms with Crippen LogP contribution in [-0.2, 0) is 11.3 Å². The predicted molar refractivity (Wildman–Crippen MR) is 75.5 cm³/mol. The molecule has 0 spiro atoms. The van der Waals surface area contributed by atoms with E-state index in [0.717, 1.165) is 25.2 Å². The van der Waals surface area contributed by atoms with E-state index in [9.17, 15) is 5.11 Å². The quantitative estimate of drug-likeness (QED) is 0.897. The van der Waals surface area contributed by atoms with E-state index in [1.807, 2.05) is 0 Å². The maximum absolute atomic E-state index is 9.41. The lowest BCUT2D eigenvalue weighted by Crippen LogP contribution is -2.37. The van der Waals surface area contributed by atoms with E-state index in [2.05, 4.69) is 17.2 Å². The summed E-state index contributed by atoms with van der Waals surface area (Å²) in [5.74, 6) is 1.40. The molecular formula is C15H20N2O3. The van der Waals surface area contributed by atoms with E-state index in [4.69, 9.17) is 9.15 Å². The van der Waals surface area contributed by atoms with Crippen LogP contribution >= 0.6 is 0 Å². The van der Waals surface area contributed by atoms with Gasteiger partial charge in [-0.25, -0.2) is 4.98 Å². The monoisotopic (exact) mass is 276 g/mol. The summed E-state index contributed by atoms with van der Waals surface area (Å²) in [7, 11) is 0. The van der Waals surface area contributed by atoms with Crippen LogP contribution in [0.3, 0.4) is 0 Å². The minimum Gasteiger partial charge on any atom is -0.508 e. The number of nitrogens with zero attached hydrogens (tertiary/aromatic N) is 1. The van der Waals surface area contributed by atoms with Crippen molar-refractivity contribution in [1.82, 2.24) is 10.3 Å². The third-order valence-electron chi connectivity index (χ3n) is 3.89. The second-order valence-corrected chi connectivity index (χ2v) is 5.41. The predicted octanol–water partition coefficient (Wildman–Crippen LogP) is 2.44. The summed E-state index contributed by atoms with van der Waals surface area (Å²) in [4.78, 5) is 4.40. The lowest BCUT2D eigenvalue weighted by Gasteiger charge is -2.28. The molecule has 1 aliphatic rings. The van der Waals surface area contributed by atoms with Gasteiger partial charge in [-0.05, 0) is 37.8 Å². The molecule has 2 atom stereocenters. The second-order valence-electron chi connectivity index (χ2n) is 5.41. The summed E-state index contributed by atoms with van der Waals surface area (Å²) in [5.41, 5.74) is 1.39. The minimum atomic E-state index is 0.195. The molecule has 108 valence electrons. The third-order valence-corrected chi connectivity index (χ3v) is 3.89. The largest absolute Gasteiger partial charge is 0.508 e. The standard InChI is InChI=1S/C15H20N2O3/c1-10(11-3-2-6-19-9-11)16-8-15-17-13-5-4-12(18)7-14(13)20-15/h4-5,7,10-11,16,18H,2-3,6,8-9H2,1H3/t10-,11+/m1/s1. The molecule has 3 rings (SSSR count). The van der Waals surface area contributed by atoms with Crippen LogP contribution in [0.15, 0.2) is 22.6 Å². The number of fused-ring (bicyclic) bond motifs is 1. The van der Waals surface area contributed by atoms with Crippen molar-refractivity contribution in [2.45, 2.75) is 32.4 Å². The summed E-state index contributed by atoms with van der Waals surface area (Å²) in [6, 6.07) is 5.34. The number of hydrogen-bond acceptors (Lipinski definition) is 5. The lowest BCUT2D eigenvalue weighted by atomic mass is 9.95. The molecular weight excluding hydrogens is 256 g/mol. The topological polar surface area (TPSA) is 67.5 Å². The van der Waals surface area contributed by atoms with E-state index in [1.54, 1.807) is 18.2 Å². The second kappa shape index (κ2) is 5.81. The molecule has 1 aliphatic heterocycles. The molecule has 0 saturated carbocycles. The fourth-order valence-electron chi connectivity index (χ4n) is 2.61. The maximum atomic E-state index is 9.41. The third kappa shape index (κ3) is 2.94. The summed E-state index contributed by atoms with van der Waals surface area (Å²) in [6.07, 6.45) is 2.34. The Morgan fingerprint density at radius 2 is 2.40 bits per heavy atom. The van der Waals surface area contributed by atoms with Crippen LogP contribution in [0.5, 0.6) is 5.75 Å². The molecule has 5 heteroatoms. The molecule has 1 aromatic carbocycles. The zero-order chi connectivity index (χ0) is 13.9. The van der Waals surface area contributed by atoms with Gasteiger partial charge in [-0.1, -0.05) is 0 Å². The maximum Gasteiger partial charge on any atom is 0.209 e. The average Bonchev–Trinajstić information content (AvgIpc) is 2.87. The molecule has 1 aromatic heterocycles. The van der Waals surface area contributed by atoms with Crippen molar-refractivity contribution in [3.8, 4) is 5.75 Å². The molecule has 1 fully saturated rings. The highest BCUT2D eigenvalue weighted by Gasteiger charge is 2.20. The van der Waals surface area contributed by atoms with Gasteiger partial charge in [0.2, 0.25) is 5.89 Å². The van der Waals surface area contributed by atoms with E-state index < -0.39 is 0 Å². The first kappa shape index (κ1) is 13.4. The van der Waals surface area contributed by atoms with Crippen molar-refractivity contribution in [3.05, 3.63) is 24.1 Å².